The third-order valence-corrected chi connectivity index (χ3v) is 3.88. The molecule has 1 aromatic rings. The van der Waals surface area contributed by atoms with Crippen LogP contribution in [0.3, 0.4) is 0 Å². The van der Waals surface area contributed by atoms with Crippen molar-refractivity contribution in [2.75, 3.05) is 13.1 Å². The predicted molar refractivity (Wildman–Crippen MR) is 74.9 cm³/mol. The van der Waals surface area contributed by atoms with Crippen LogP contribution in [0, 0.1) is 5.82 Å². The molecular formula is C15H21FN2O2. The van der Waals surface area contributed by atoms with Gasteiger partial charge in [-0.2, -0.15) is 0 Å². The Hall–Kier alpha value is -1.62. The molecule has 1 amide bonds. The zero-order valence-electron chi connectivity index (χ0n) is 11.9. The summed E-state index contributed by atoms with van der Waals surface area (Å²) < 4.78 is 13.8. The molecule has 0 spiro atoms. The van der Waals surface area contributed by atoms with E-state index in [9.17, 15) is 14.3 Å². The van der Waals surface area contributed by atoms with Crippen LogP contribution < -0.4 is 5.32 Å². The van der Waals surface area contributed by atoms with Crippen LogP contribution in [0.25, 0.3) is 0 Å². The van der Waals surface area contributed by atoms with E-state index < -0.39 is 5.82 Å². The molecule has 2 N–H and O–H groups in total. The van der Waals surface area contributed by atoms with Gasteiger partial charge in [-0.05, 0) is 25.8 Å². The summed E-state index contributed by atoms with van der Waals surface area (Å²) in [4.78, 5) is 13.1. The van der Waals surface area contributed by atoms with Crippen molar-refractivity contribution in [2.45, 2.75) is 38.8 Å². The molecule has 1 heterocycles. The normalized spacial score (nSPS) is 18.1. The van der Waals surface area contributed by atoms with Crippen molar-refractivity contribution in [1.82, 2.24) is 10.2 Å². The first-order chi connectivity index (χ1) is 9.47. The number of carbonyl (C=O) groups is 1. The molecule has 1 saturated heterocycles. The van der Waals surface area contributed by atoms with Gasteiger partial charge in [-0.25, -0.2) is 4.39 Å². The van der Waals surface area contributed by atoms with Gasteiger partial charge in [0.2, 0.25) is 5.91 Å². The first kappa shape index (κ1) is 14.8. The number of phenols is 1. The van der Waals surface area contributed by atoms with E-state index in [4.69, 9.17) is 0 Å². The number of benzene rings is 1. The van der Waals surface area contributed by atoms with Crippen LogP contribution in [-0.2, 0) is 4.79 Å². The van der Waals surface area contributed by atoms with E-state index in [0.29, 0.717) is 5.56 Å². The number of rotatable bonds is 3. The fraction of sp³-hybridized carbons (Fsp3) is 0.533. The molecule has 0 bridgehead atoms. The lowest BCUT2D eigenvalue weighted by Crippen LogP contribution is -2.44. The van der Waals surface area contributed by atoms with Gasteiger partial charge in [0, 0.05) is 43.7 Å². The molecule has 2 rings (SSSR count). The van der Waals surface area contributed by atoms with E-state index in [0.717, 1.165) is 32.0 Å². The van der Waals surface area contributed by atoms with Gasteiger partial charge in [-0.3, -0.25) is 4.79 Å². The van der Waals surface area contributed by atoms with Crippen LogP contribution in [0.4, 0.5) is 4.39 Å². The van der Waals surface area contributed by atoms with Crippen molar-refractivity contribution in [3.8, 4) is 5.75 Å². The van der Waals surface area contributed by atoms with Crippen molar-refractivity contribution in [2.24, 2.45) is 0 Å². The Bertz CT molecular complexity index is 485. The maximum atomic E-state index is 13.8. The number of amides is 1. The molecule has 0 saturated carbocycles. The van der Waals surface area contributed by atoms with Gasteiger partial charge in [0.1, 0.15) is 11.6 Å². The molecule has 1 aliphatic heterocycles. The minimum atomic E-state index is -0.397. The Morgan fingerprint density at radius 1 is 1.45 bits per heavy atom. The number of halogens is 1. The molecule has 5 heteroatoms. The number of aromatic hydroxyl groups is 1. The summed E-state index contributed by atoms with van der Waals surface area (Å²) in [6.45, 7) is 4.99. The van der Waals surface area contributed by atoms with Gasteiger partial charge in [0.05, 0.1) is 0 Å². The third kappa shape index (κ3) is 3.48. The number of hydrogen-bond donors (Lipinski definition) is 2. The Morgan fingerprint density at radius 3 is 2.65 bits per heavy atom. The largest absolute Gasteiger partial charge is 0.508 e. The minimum Gasteiger partial charge on any atom is -0.508 e. The smallest absolute Gasteiger partial charge is 0.219 e. The molecule has 1 unspecified atom stereocenters. The van der Waals surface area contributed by atoms with E-state index in [1.807, 2.05) is 11.8 Å². The number of piperidine rings is 1. The molecular weight excluding hydrogens is 259 g/mol. The number of hydrogen-bond acceptors (Lipinski definition) is 3. The van der Waals surface area contributed by atoms with Crippen molar-refractivity contribution in [3.63, 3.8) is 0 Å². The summed E-state index contributed by atoms with van der Waals surface area (Å²) >= 11 is 0. The average Bonchev–Trinajstić information content (AvgIpc) is 2.39. The van der Waals surface area contributed by atoms with Crippen molar-refractivity contribution >= 4 is 5.91 Å². The molecule has 4 nitrogen and oxygen atoms in total. The predicted octanol–water partition coefficient (Wildman–Crippen LogP) is 2.19. The summed E-state index contributed by atoms with van der Waals surface area (Å²) in [5, 5.41) is 12.6. The molecule has 1 fully saturated rings. The topological polar surface area (TPSA) is 52.6 Å². The van der Waals surface area contributed by atoms with E-state index in [1.165, 1.54) is 6.07 Å². The number of carbonyl (C=O) groups excluding carboxylic acids is 1. The zero-order valence-corrected chi connectivity index (χ0v) is 11.9. The minimum absolute atomic E-state index is 0.0618. The molecule has 20 heavy (non-hydrogen) atoms. The Labute approximate surface area is 118 Å². The summed E-state index contributed by atoms with van der Waals surface area (Å²) in [5.41, 5.74) is 0.553. The van der Waals surface area contributed by atoms with Gasteiger partial charge < -0.3 is 15.3 Å². The Balaban J connectivity index is 1.92. The molecule has 0 aliphatic carbocycles. The maximum absolute atomic E-state index is 13.8. The third-order valence-electron chi connectivity index (χ3n) is 3.88. The van der Waals surface area contributed by atoms with Crippen LogP contribution >= 0.6 is 0 Å². The first-order valence-electron chi connectivity index (χ1n) is 6.97. The van der Waals surface area contributed by atoms with Gasteiger partial charge in [0.15, 0.2) is 0 Å². The van der Waals surface area contributed by atoms with Gasteiger partial charge in [0.25, 0.3) is 0 Å². The van der Waals surface area contributed by atoms with Crippen LogP contribution in [0.2, 0.25) is 0 Å². The molecule has 1 aliphatic rings. The molecule has 1 atom stereocenters. The highest BCUT2D eigenvalue weighted by Gasteiger charge is 2.22. The summed E-state index contributed by atoms with van der Waals surface area (Å²) in [6, 6.07) is 4.40. The van der Waals surface area contributed by atoms with Crippen molar-refractivity contribution < 1.29 is 14.3 Å². The van der Waals surface area contributed by atoms with Gasteiger partial charge in [-0.1, -0.05) is 6.07 Å². The first-order valence-corrected chi connectivity index (χ1v) is 6.97. The van der Waals surface area contributed by atoms with E-state index >= 15 is 0 Å². The van der Waals surface area contributed by atoms with Crippen LogP contribution in [-0.4, -0.2) is 35.0 Å². The van der Waals surface area contributed by atoms with E-state index in [-0.39, 0.29) is 23.7 Å². The molecule has 110 valence electrons. The van der Waals surface area contributed by atoms with Crippen LogP contribution in [0.15, 0.2) is 18.2 Å². The van der Waals surface area contributed by atoms with Crippen molar-refractivity contribution in [1.29, 1.82) is 0 Å². The standard InChI is InChI=1S/C15H21FN2O2/c1-10(14-4-3-13(20)9-15(14)16)17-12-5-7-18(8-6-12)11(2)19/h3-4,9-10,12,17,20H,5-8H2,1-2H3. The monoisotopic (exact) mass is 280 g/mol. The zero-order chi connectivity index (χ0) is 14.7. The number of nitrogens with zero attached hydrogens (tertiary/aromatic N) is 1. The fourth-order valence-electron chi connectivity index (χ4n) is 2.67. The van der Waals surface area contributed by atoms with Crippen molar-refractivity contribution in [3.05, 3.63) is 29.6 Å². The highest BCUT2D eigenvalue weighted by atomic mass is 19.1. The van der Waals surface area contributed by atoms with Gasteiger partial charge in [-0.15, -0.1) is 0 Å². The molecule has 0 radical (unpaired) electrons. The molecule has 1 aromatic carbocycles. The second kappa shape index (κ2) is 6.22. The van der Waals surface area contributed by atoms with E-state index in [1.54, 1.807) is 13.0 Å². The SMILES string of the molecule is CC(=O)N1CCC(NC(C)c2ccc(O)cc2F)CC1. The van der Waals surface area contributed by atoms with Crippen LogP contribution in [0.5, 0.6) is 5.75 Å². The number of nitrogens with one attached hydrogen (secondary N) is 1. The lowest BCUT2D eigenvalue weighted by Gasteiger charge is -2.33. The second-order valence-corrected chi connectivity index (χ2v) is 5.37. The maximum Gasteiger partial charge on any atom is 0.219 e. The van der Waals surface area contributed by atoms with Crippen LogP contribution in [0.1, 0.15) is 38.3 Å². The summed E-state index contributed by atoms with van der Waals surface area (Å²) in [7, 11) is 0. The average molecular weight is 280 g/mol. The summed E-state index contributed by atoms with van der Waals surface area (Å²) in [6.07, 6.45) is 1.76. The molecule has 0 aromatic heterocycles. The highest BCUT2D eigenvalue weighted by Crippen LogP contribution is 2.23. The second-order valence-electron chi connectivity index (χ2n) is 5.37. The Kier molecular flexibility index (Phi) is 4.60. The highest BCUT2D eigenvalue weighted by molar-refractivity contribution is 5.73. The summed E-state index contributed by atoms with van der Waals surface area (Å²) in [5.74, 6) is -0.347. The fourth-order valence-corrected chi connectivity index (χ4v) is 2.67. The number of likely N-dealkylation sites (tertiary alicyclic amines) is 1. The quantitative estimate of drug-likeness (QED) is 0.892. The lowest BCUT2D eigenvalue weighted by molar-refractivity contribution is -0.129. The van der Waals surface area contributed by atoms with Gasteiger partial charge >= 0.3 is 0 Å². The lowest BCUT2D eigenvalue weighted by atomic mass is 10.0. The Morgan fingerprint density at radius 2 is 2.10 bits per heavy atom. The number of phenolic OH excluding ortho intramolecular Hbond substituents is 1. The van der Waals surface area contributed by atoms with E-state index in [2.05, 4.69) is 5.32 Å².